The van der Waals surface area contributed by atoms with E-state index in [4.69, 9.17) is 4.74 Å². The minimum absolute atomic E-state index is 0.0359. The summed E-state index contributed by atoms with van der Waals surface area (Å²) in [6.07, 6.45) is 1.03. The summed E-state index contributed by atoms with van der Waals surface area (Å²) >= 11 is 1.39. The maximum absolute atomic E-state index is 12.4. The Hall–Kier alpha value is -2.47. The van der Waals surface area contributed by atoms with Crippen molar-refractivity contribution in [1.29, 1.82) is 0 Å². The number of ether oxygens (including phenoxy) is 1. The molecule has 0 spiro atoms. The molecule has 2 N–H and O–H groups in total. The number of para-hydroxylation sites is 1. The summed E-state index contributed by atoms with van der Waals surface area (Å²) in [7, 11) is 0. The molecule has 1 aromatic heterocycles. The van der Waals surface area contributed by atoms with Crippen molar-refractivity contribution in [1.82, 2.24) is 9.97 Å². The minimum Gasteiger partial charge on any atom is -0.494 e. The first-order chi connectivity index (χ1) is 13.1. The molecule has 5 nitrogen and oxygen atoms in total. The van der Waals surface area contributed by atoms with E-state index in [2.05, 4.69) is 35.2 Å². The number of aromatic amines is 1. The summed E-state index contributed by atoms with van der Waals surface area (Å²) in [4.78, 5) is 20.2. The maximum Gasteiger partial charge on any atom is 0.234 e. The molecular formula is C21H25N3O2S. The number of carbonyl (C=O) groups excluding carboxylic acids is 1. The fraction of sp³-hybridized carbons (Fsp3) is 0.333. The van der Waals surface area contributed by atoms with Gasteiger partial charge < -0.3 is 15.0 Å². The number of fused-ring (bicyclic) bond motifs is 1. The molecule has 0 unspecified atom stereocenters. The van der Waals surface area contributed by atoms with Crippen LogP contribution in [0, 0.1) is 0 Å². The van der Waals surface area contributed by atoms with Gasteiger partial charge in [-0.2, -0.15) is 0 Å². The van der Waals surface area contributed by atoms with Crippen LogP contribution in [0.4, 0.5) is 5.69 Å². The van der Waals surface area contributed by atoms with Crippen LogP contribution in [0.2, 0.25) is 0 Å². The third-order valence-corrected chi connectivity index (χ3v) is 5.33. The van der Waals surface area contributed by atoms with Crippen molar-refractivity contribution in [3.05, 3.63) is 48.0 Å². The number of nitrogens with one attached hydrogen (secondary N) is 2. The number of benzene rings is 2. The van der Waals surface area contributed by atoms with Crippen LogP contribution >= 0.6 is 11.8 Å². The van der Waals surface area contributed by atoms with E-state index in [0.717, 1.165) is 34.0 Å². The van der Waals surface area contributed by atoms with Crippen molar-refractivity contribution >= 4 is 34.4 Å². The summed E-state index contributed by atoms with van der Waals surface area (Å²) in [5.74, 6) is 1.48. The van der Waals surface area contributed by atoms with Crippen LogP contribution in [0.1, 0.15) is 38.7 Å². The molecule has 0 aliphatic rings. The third kappa shape index (κ3) is 4.83. The molecule has 3 aromatic rings. The average Bonchev–Trinajstić information content (AvgIpc) is 3.09. The summed E-state index contributed by atoms with van der Waals surface area (Å²) < 4.78 is 5.51. The standard InChI is InChI=1S/C21H25N3O2S/c1-4-14(3)16-8-6-7-9-17(16)22-20(25)13-27-21-23-18-11-10-15(26-5-2)12-19(18)24-21/h6-12,14H,4-5,13H2,1-3H3,(H,22,25)(H,23,24)/t14-/m1/s1. The molecule has 1 atom stereocenters. The van der Waals surface area contributed by atoms with Crippen LogP contribution in [0.5, 0.6) is 5.75 Å². The van der Waals surface area contributed by atoms with Gasteiger partial charge in [0.2, 0.25) is 5.91 Å². The Labute approximate surface area is 163 Å². The molecule has 0 saturated heterocycles. The predicted octanol–water partition coefficient (Wildman–Crippen LogP) is 5.21. The van der Waals surface area contributed by atoms with Crippen molar-refractivity contribution in [3.63, 3.8) is 0 Å². The number of anilines is 1. The van der Waals surface area contributed by atoms with Crippen LogP contribution in [0.15, 0.2) is 47.6 Å². The lowest BCUT2D eigenvalue weighted by atomic mass is 9.97. The number of aromatic nitrogens is 2. The normalized spacial score (nSPS) is 12.1. The van der Waals surface area contributed by atoms with Gasteiger partial charge in [0, 0.05) is 11.8 Å². The largest absolute Gasteiger partial charge is 0.494 e. The van der Waals surface area contributed by atoms with Crippen molar-refractivity contribution in [2.75, 3.05) is 17.7 Å². The molecule has 0 fully saturated rings. The molecule has 0 radical (unpaired) electrons. The van der Waals surface area contributed by atoms with Crippen LogP contribution in [-0.4, -0.2) is 28.2 Å². The summed E-state index contributed by atoms with van der Waals surface area (Å²) in [6, 6.07) is 13.7. The molecule has 0 bridgehead atoms. The Morgan fingerprint density at radius 3 is 2.85 bits per heavy atom. The van der Waals surface area contributed by atoms with Crippen LogP contribution in [0.25, 0.3) is 11.0 Å². The monoisotopic (exact) mass is 383 g/mol. The van der Waals surface area contributed by atoms with Gasteiger partial charge in [-0.3, -0.25) is 4.79 Å². The fourth-order valence-electron chi connectivity index (χ4n) is 2.87. The van der Waals surface area contributed by atoms with Crippen molar-refractivity contribution in [2.45, 2.75) is 38.3 Å². The second-order valence-corrected chi connectivity index (χ2v) is 7.35. The Morgan fingerprint density at radius 2 is 2.07 bits per heavy atom. The molecular weight excluding hydrogens is 358 g/mol. The zero-order valence-corrected chi connectivity index (χ0v) is 16.7. The number of thioether (sulfide) groups is 1. The second kappa shape index (κ2) is 8.95. The lowest BCUT2D eigenvalue weighted by Gasteiger charge is -2.15. The van der Waals surface area contributed by atoms with E-state index in [-0.39, 0.29) is 5.91 Å². The van der Waals surface area contributed by atoms with Gasteiger partial charge in [0.25, 0.3) is 0 Å². The molecule has 1 amide bonds. The Bertz CT molecular complexity index is 923. The number of nitrogens with zero attached hydrogens (tertiary/aromatic N) is 1. The van der Waals surface area contributed by atoms with Crippen LogP contribution < -0.4 is 10.1 Å². The first kappa shape index (κ1) is 19.3. The highest BCUT2D eigenvalue weighted by molar-refractivity contribution is 7.99. The van der Waals surface area contributed by atoms with Gasteiger partial charge in [0.1, 0.15) is 5.75 Å². The number of carbonyl (C=O) groups is 1. The van der Waals surface area contributed by atoms with Gasteiger partial charge in [-0.15, -0.1) is 0 Å². The molecule has 1 heterocycles. The highest BCUT2D eigenvalue weighted by Gasteiger charge is 2.12. The van der Waals surface area contributed by atoms with E-state index < -0.39 is 0 Å². The van der Waals surface area contributed by atoms with Crippen molar-refractivity contribution in [3.8, 4) is 5.75 Å². The van der Waals surface area contributed by atoms with E-state index in [0.29, 0.717) is 18.3 Å². The van der Waals surface area contributed by atoms with Gasteiger partial charge in [-0.25, -0.2) is 4.98 Å². The molecule has 0 aliphatic heterocycles. The number of hydrogen-bond donors (Lipinski definition) is 2. The topological polar surface area (TPSA) is 67.0 Å². The van der Waals surface area contributed by atoms with Gasteiger partial charge >= 0.3 is 0 Å². The van der Waals surface area contributed by atoms with Crippen molar-refractivity contribution < 1.29 is 9.53 Å². The smallest absolute Gasteiger partial charge is 0.234 e. The van der Waals surface area contributed by atoms with Gasteiger partial charge in [-0.05, 0) is 43.0 Å². The number of imidazole rings is 1. The van der Waals surface area contributed by atoms with Crippen LogP contribution in [-0.2, 0) is 4.79 Å². The SMILES string of the molecule is CCOc1ccc2nc(SCC(=O)Nc3ccccc3[C@H](C)CC)[nH]c2c1. The van der Waals surface area contributed by atoms with Gasteiger partial charge in [-0.1, -0.05) is 43.8 Å². The number of hydrogen-bond acceptors (Lipinski definition) is 4. The van der Waals surface area contributed by atoms with E-state index in [9.17, 15) is 4.79 Å². The lowest BCUT2D eigenvalue weighted by Crippen LogP contribution is -2.15. The van der Waals surface area contributed by atoms with E-state index in [1.54, 1.807) is 0 Å². The number of amides is 1. The molecule has 6 heteroatoms. The molecule has 3 rings (SSSR count). The number of rotatable bonds is 8. The lowest BCUT2D eigenvalue weighted by molar-refractivity contribution is -0.113. The first-order valence-electron chi connectivity index (χ1n) is 9.24. The van der Waals surface area contributed by atoms with Gasteiger partial charge in [0.15, 0.2) is 5.16 Å². The fourth-order valence-corrected chi connectivity index (χ4v) is 3.56. The predicted molar refractivity (Wildman–Crippen MR) is 112 cm³/mol. The second-order valence-electron chi connectivity index (χ2n) is 6.39. The van der Waals surface area contributed by atoms with E-state index in [1.807, 2.05) is 43.3 Å². The molecule has 142 valence electrons. The molecule has 0 saturated carbocycles. The molecule has 2 aromatic carbocycles. The summed E-state index contributed by atoms with van der Waals surface area (Å²) in [5, 5.41) is 3.76. The Balaban J connectivity index is 1.63. The van der Waals surface area contributed by atoms with E-state index in [1.165, 1.54) is 17.3 Å². The van der Waals surface area contributed by atoms with Gasteiger partial charge in [0.05, 0.1) is 23.4 Å². The summed E-state index contributed by atoms with van der Waals surface area (Å²) in [5.41, 5.74) is 3.84. The van der Waals surface area contributed by atoms with E-state index >= 15 is 0 Å². The average molecular weight is 384 g/mol. The molecule has 0 aliphatic carbocycles. The quantitative estimate of drug-likeness (QED) is 0.524. The Morgan fingerprint density at radius 1 is 1.26 bits per heavy atom. The number of H-pyrrole nitrogens is 1. The summed E-state index contributed by atoms with van der Waals surface area (Å²) in [6.45, 7) is 6.90. The maximum atomic E-state index is 12.4. The zero-order chi connectivity index (χ0) is 19.2. The Kier molecular flexibility index (Phi) is 6.40. The molecule has 27 heavy (non-hydrogen) atoms. The highest BCUT2D eigenvalue weighted by atomic mass is 32.2. The third-order valence-electron chi connectivity index (χ3n) is 4.46. The van der Waals surface area contributed by atoms with Crippen LogP contribution in [0.3, 0.4) is 0 Å². The zero-order valence-electron chi connectivity index (χ0n) is 15.9. The minimum atomic E-state index is -0.0359. The van der Waals surface area contributed by atoms with Crippen molar-refractivity contribution in [2.24, 2.45) is 0 Å². The highest BCUT2D eigenvalue weighted by Crippen LogP contribution is 2.27. The first-order valence-corrected chi connectivity index (χ1v) is 10.2.